The highest BCUT2D eigenvalue weighted by atomic mass is 79.9. The summed E-state index contributed by atoms with van der Waals surface area (Å²) in [5.74, 6) is 0.203. The SMILES string of the molecule is FC(F)(F)Oc1cc(Br)ccc1Nc1nccn1C1CC1. The minimum Gasteiger partial charge on any atom is -0.404 e. The fourth-order valence-electron chi connectivity index (χ4n) is 1.99. The molecule has 1 saturated carbocycles. The summed E-state index contributed by atoms with van der Waals surface area (Å²) in [5.41, 5.74) is 0.212. The number of ether oxygens (including phenoxy) is 1. The maximum absolute atomic E-state index is 12.5. The van der Waals surface area contributed by atoms with Crippen molar-refractivity contribution >= 4 is 27.6 Å². The molecule has 1 fully saturated rings. The van der Waals surface area contributed by atoms with Crippen LogP contribution in [0.15, 0.2) is 35.1 Å². The molecule has 0 spiro atoms. The molecule has 0 amide bonds. The summed E-state index contributed by atoms with van der Waals surface area (Å²) in [6.45, 7) is 0. The van der Waals surface area contributed by atoms with Crippen LogP contribution in [-0.2, 0) is 0 Å². The highest BCUT2D eigenvalue weighted by Gasteiger charge is 2.32. The second-order valence-corrected chi connectivity index (χ2v) is 5.62. The molecule has 0 aliphatic heterocycles. The van der Waals surface area contributed by atoms with Crippen molar-refractivity contribution in [2.75, 3.05) is 5.32 Å². The van der Waals surface area contributed by atoms with Gasteiger partial charge in [-0.15, -0.1) is 13.2 Å². The summed E-state index contributed by atoms with van der Waals surface area (Å²) in [6, 6.07) is 4.78. The molecule has 0 saturated heterocycles. The van der Waals surface area contributed by atoms with Crippen LogP contribution in [0.3, 0.4) is 0 Å². The second kappa shape index (κ2) is 5.25. The highest BCUT2D eigenvalue weighted by Crippen LogP contribution is 2.39. The molecule has 8 heteroatoms. The number of anilines is 2. The molecule has 0 radical (unpaired) electrons. The fraction of sp³-hybridized carbons (Fsp3) is 0.308. The van der Waals surface area contributed by atoms with Crippen molar-refractivity contribution in [1.82, 2.24) is 9.55 Å². The molecule has 0 atom stereocenters. The van der Waals surface area contributed by atoms with Gasteiger partial charge in [0.25, 0.3) is 0 Å². The van der Waals surface area contributed by atoms with E-state index >= 15 is 0 Å². The first-order valence-corrected chi connectivity index (χ1v) is 7.07. The number of imidazole rings is 1. The van der Waals surface area contributed by atoms with E-state index < -0.39 is 6.36 Å². The largest absolute Gasteiger partial charge is 0.573 e. The maximum atomic E-state index is 12.5. The van der Waals surface area contributed by atoms with Crippen LogP contribution in [0.1, 0.15) is 18.9 Å². The third-order valence-corrected chi connectivity index (χ3v) is 3.52. The molecule has 2 aromatic rings. The van der Waals surface area contributed by atoms with Crippen molar-refractivity contribution in [1.29, 1.82) is 0 Å². The van der Waals surface area contributed by atoms with Gasteiger partial charge in [-0.25, -0.2) is 4.98 Å². The van der Waals surface area contributed by atoms with Gasteiger partial charge in [0.1, 0.15) is 0 Å². The van der Waals surface area contributed by atoms with E-state index in [1.165, 1.54) is 12.1 Å². The van der Waals surface area contributed by atoms with Crippen molar-refractivity contribution in [3.8, 4) is 5.75 Å². The topological polar surface area (TPSA) is 39.1 Å². The Kier molecular flexibility index (Phi) is 3.56. The lowest BCUT2D eigenvalue weighted by molar-refractivity contribution is -0.274. The van der Waals surface area contributed by atoms with Crippen molar-refractivity contribution in [2.45, 2.75) is 25.2 Å². The molecule has 1 aliphatic carbocycles. The van der Waals surface area contributed by atoms with Gasteiger partial charge in [0.05, 0.1) is 5.69 Å². The molecular weight excluding hydrogens is 351 g/mol. The first-order valence-electron chi connectivity index (χ1n) is 6.27. The van der Waals surface area contributed by atoms with E-state index in [9.17, 15) is 13.2 Å². The van der Waals surface area contributed by atoms with Crippen molar-refractivity contribution in [3.63, 3.8) is 0 Å². The Hall–Kier alpha value is -1.70. The summed E-state index contributed by atoms with van der Waals surface area (Å²) in [6.07, 6.45) is 0.782. The fourth-order valence-corrected chi connectivity index (χ4v) is 2.33. The molecule has 3 rings (SSSR count). The average molecular weight is 362 g/mol. The zero-order chi connectivity index (χ0) is 15.0. The third kappa shape index (κ3) is 3.49. The average Bonchev–Trinajstić information content (AvgIpc) is 3.11. The van der Waals surface area contributed by atoms with Crippen molar-refractivity contribution < 1.29 is 17.9 Å². The summed E-state index contributed by atoms with van der Waals surface area (Å²) in [7, 11) is 0. The predicted octanol–water partition coefficient (Wildman–Crippen LogP) is 4.62. The Morgan fingerprint density at radius 2 is 2.10 bits per heavy atom. The van der Waals surface area contributed by atoms with Gasteiger partial charge in [0, 0.05) is 22.9 Å². The number of alkyl halides is 3. The lowest BCUT2D eigenvalue weighted by Gasteiger charge is -2.15. The lowest BCUT2D eigenvalue weighted by atomic mass is 10.3. The summed E-state index contributed by atoms with van der Waals surface area (Å²) in [5, 5.41) is 2.90. The molecule has 1 N–H and O–H groups in total. The standard InChI is InChI=1S/C13H11BrF3N3O/c14-8-1-4-10(11(7-8)21-13(15,16)17)19-12-18-5-6-20(12)9-2-3-9/h1,4-7,9H,2-3H2,(H,18,19). The molecular formula is C13H11BrF3N3O. The van der Waals surface area contributed by atoms with Crippen LogP contribution in [-0.4, -0.2) is 15.9 Å². The molecule has 1 heterocycles. The van der Waals surface area contributed by atoms with E-state index in [2.05, 4.69) is 31.0 Å². The van der Waals surface area contributed by atoms with Crippen molar-refractivity contribution in [3.05, 3.63) is 35.1 Å². The normalized spacial score (nSPS) is 15.0. The Morgan fingerprint density at radius 3 is 2.76 bits per heavy atom. The number of halogens is 4. The Labute approximate surface area is 127 Å². The van der Waals surface area contributed by atoms with Crippen LogP contribution < -0.4 is 10.1 Å². The second-order valence-electron chi connectivity index (χ2n) is 4.70. The number of nitrogens with zero attached hydrogens (tertiary/aromatic N) is 2. The lowest BCUT2D eigenvalue weighted by Crippen LogP contribution is -2.18. The third-order valence-electron chi connectivity index (χ3n) is 3.02. The number of hydrogen-bond donors (Lipinski definition) is 1. The highest BCUT2D eigenvalue weighted by molar-refractivity contribution is 9.10. The molecule has 4 nitrogen and oxygen atoms in total. The molecule has 1 aromatic carbocycles. The Morgan fingerprint density at radius 1 is 1.33 bits per heavy atom. The van der Waals surface area contributed by atoms with Crippen LogP contribution in [0.2, 0.25) is 0 Å². The van der Waals surface area contributed by atoms with Gasteiger partial charge in [-0.05, 0) is 31.0 Å². The summed E-state index contributed by atoms with van der Waals surface area (Å²) in [4.78, 5) is 4.14. The number of nitrogens with one attached hydrogen (secondary N) is 1. The molecule has 112 valence electrons. The Balaban J connectivity index is 1.88. The van der Waals surface area contributed by atoms with E-state index in [1.807, 2.05) is 10.8 Å². The molecule has 0 bridgehead atoms. The Bertz CT molecular complexity index is 652. The maximum Gasteiger partial charge on any atom is 0.573 e. The van der Waals surface area contributed by atoms with Crippen molar-refractivity contribution in [2.24, 2.45) is 0 Å². The monoisotopic (exact) mass is 361 g/mol. The predicted molar refractivity (Wildman–Crippen MR) is 74.6 cm³/mol. The van der Waals surface area contributed by atoms with Crippen LogP contribution in [0, 0.1) is 0 Å². The van der Waals surface area contributed by atoms with E-state index in [1.54, 1.807) is 12.3 Å². The van der Waals surface area contributed by atoms with E-state index in [0.717, 1.165) is 12.8 Å². The first-order chi connectivity index (χ1) is 9.92. The zero-order valence-corrected chi connectivity index (χ0v) is 12.3. The molecule has 0 unspecified atom stereocenters. The van der Waals surface area contributed by atoms with E-state index in [4.69, 9.17) is 0 Å². The van der Waals surface area contributed by atoms with Crippen LogP contribution >= 0.6 is 15.9 Å². The van der Waals surface area contributed by atoms with Crippen LogP contribution in [0.4, 0.5) is 24.8 Å². The minimum absolute atomic E-state index is 0.212. The smallest absolute Gasteiger partial charge is 0.404 e. The minimum atomic E-state index is -4.75. The van der Waals surface area contributed by atoms with Gasteiger partial charge in [-0.3, -0.25) is 0 Å². The van der Waals surface area contributed by atoms with E-state index in [0.29, 0.717) is 16.5 Å². The first kappa shape index (κ1) is 14.2. The van der Waals surface area contributed by atoms with Crippen LogP contribution in [0.25, 0.3) is 0 Å². The number of hydrogen-bond acceptors (Lipinski definition) is 3. The molecule has 1 aromatic heterocycles. The molecule has 1 aliphatic rings. The number of aromatic nitrogens is 2. The summed E-state index contributed by atoms with van der Waals surface area (Å²) < 4.78 is 43.9. The quantitative estimate of drug-likeness (QED) is 0.863. The van der Waals surface area contributed by atoms with E-state index in [-0.39, 0.29) is 11.4 Å². The van der Waals surface area contributed by atoms with Gasteiger partial charge < -0.3 is 14.6 Å². The van der Waals surface area contributed by atoms with Crippen LogP contribution in [0.5, 0.6) is 5.75 Å². The summed E-state index contributed by atoms with van der Waals surface area (Å²) >= 11 is 3.13. The van der Waals surface area contributed by atoms with Gasteiger partial charge in [-0.2, -0.15) is 0 Å². The zero-order valence-electron chi connectivity index (χ0n) is 10.7. The van der Waals surface area contributed by atoms with Gasteiger partial charge in [-0.1, -0.05) is 15.9 Å². The number of rotatable bonds is 4. The molecule has 21 heavy (non-hydrogen) atoms. The van der Waals surface area contributed by atoms with Gasteiger partial charge >= 0.3 is 6.36 Å². The number of benzene rings is 1. The van der Waals surface area contributed by atoms with Gasteiger partial charge in [0.2, 0.25) is 5.95 Å². The van der Waals surface area contributed by atoms with Gasteiger partial charge in [0.15, 0.2) is 5.75 Å².